The Morgan fingerprint density at radius 2 is 2.11 bits per heavy atom. The average molecular weight is 285 g/mol. The van der Waals surface area contributed by atoms with Crippen molar-refractivity contribution in [3.8, 4) is 0 Å². The van der Waals surface area contributed by atoms with Crippen LogP contribution in [0.4, 0.5) is 0 Å². The fourth-order valence-corrected chi connectivity index (χ4v) is 2.59. The van der Waals surface area contributed by atoms with Crippen LogP contribution in [0.25, 0.3) is 0 Å². The van der Waals surface area contributed by atoms with E-state index in [0.717, 1.165) is 5.56 Å². The van der Waals surface area contributed by atoms with Crippen molar-refractivity contribution in [1.82, 2.24) is 4.90 Å². The molecule has 1 unspecified atom stereocenters. The summed E-state index contributed by atoms with van der Waals surface area (Å²) in [4.78, 5) is 1.99. The molecule has 0 aliphatic carbocycles. The third kappa shape index (κ3) is 4.28. The van der Waals surface area contributed by atoms with E-state index in [1.807, 2.05) is 35.2 Å². The maximum absolute atomic E-state index is 11.6. The molecule has 1 atom stereocenters. The van der Waals surface area contributed by atoms with Crippen LogP contribution in [0.2, 0.25) is 0 Å². The van der Waals surface area contributed by atoms with Crippen molar-refractivity contribution in [2.75, 3.05) is 25.5 Å². The number of benzene rings is 1. The van der Waals surface area contributed by atoms with Crippen molar-refractivity contribution in [3.05, 3.63) is 35.9 Å². The smallest absolute Gasteiger partial charge is 0.268 e. The van der Waals surface area contributed by atoms with E-state index in [4.69, 9.17) is 8.92 Å². The molecule has 1 aliphatic heterocycles. The molecule has 1 fully saturated rings. The van der Waals surface area contributed by atoms with Gasteiger partial charge in [0.2, 0.25) is 0 Å². The monoisotopic (exact) mass is 285 g/mol. The third-order valence-corrected chi connectivity index (χ3v) is 4.25. The standard InChI is InChI=1S/C13H19NO4S/c1-2-19(15,16)18-13-11-17-9-8-14(13)10-12-6-4-3-5-7-12/h3-7,13H,2,8-11H2,1H3. The van der Waals surface area contributed by atoms with Gasteiger partial charge in [-0.05, 0) is 12.5 Å². The second-order valence-electron chi connectivity index (χ2n) is 4.43. The van der Waals surface area contributed by atoms with Crippen molar-refractivity contribution >= 4 is 10.1 Å². The van der Waals surface area contributed by atoms with Gasteiger partial charge >= 0.3 is 0 Å². The molecule has 1 aromatic rings. The Balaban J connectivity index is 2.04. The van der Waals surface area contributed by atoms with Gasteiger partial charge in [-0.15, -0.1) is 0 Å². The van der Waals surface area contributed by atoms with Crippen LogP contribution in [0.3, 0.4) is 0 Å². The van der Waals surface area contributed by atoms with E-state index in [1.165, 1.54) is 0 Å². The van der Waals surface area contributed by atoms with Gasteiger partial charge in [-0.25, -0.2) is 4.18 Å². The molecule has 0 N–H and O–H groups in total. The lowest BCUT2D eigenvalue weighted by Crippen LogP contribution is -2.47. The first-order valence-electron chi connectivity index (χ1n) is 6.37. The molecule has 0 spiro atoms. The van der Waals surface area contributed by atoms with E-state index in [9.17, 15) is 8.42 Å². The zero-order valence-corrected chi connectivity index (χ0v) is 11.8. The molecule has 0 amide bonds. The summed E-state index contributed by atoms with van der Waals surface area (Å²) in [5.41, 5.74) is 1.13. The lowest BCUT2D eigenvalue weighted by atomic mass is 10.2. The van der Waals surface area contributed by atoms with E-state index in [0.29, 0.717) is 19.7 Å². The predicted octanol–water partition coefficient (Wildman–Crippen LogP) is 1.21. The molecule has 1 aliphatic rings. The first-order chi connectivity index (χ1) is 9.11. The normalized spacial score (nSPS) is 21.4. The number of nitrogens with zero attached hydrogens (tertiary/aromatic N) is 1. The van der Waals surface area contributed by atoms with Gasteiger partial charge in [-0.2, -0.15) is 8.42 Å². The molecule has 0 aromatic heterocycles. The minimum atomic E-state index is -3.47. The van der Waals surface area contributed by atoms with E-state index in [1.54, 1.807) is 6.92 Å². The summed E-state index contributed by atoms with van der Waals surface area (Å²) < 4.78 is 33.6. The van der Waals surface area contributed by atoms with Crippen LogP contribution in [-0.4, -0.2) is 45.1 Å². The van der Waals surface area contributed by atoms with Gasteiger partial charge in [0.25, 0.3) is 10.1 Å². The minimum absolute atomic E-state index is 0.0251. The highest BCUT2D eigenvalue weighted by Crippen LogP contribution is 2.15. The lowest BCUT2D eigenvalue weighted by molar-refractivity contribution is -0.0924. The Morgan fingerprint density at radius 3 is 2.79 bits per heavy atom. The first-order valence-corrected chi connectivity index (χ1v) is 7.95. The fraction of sp³-hybridized carbons (Fsp3) is 0.538. The molecule has 19 heavy (non-hydrogen) atoms. The van der Waals surface area contributed by atoms with Gasteiger partial charge in [0.1, 0.15) is 0 Å². The Kier molecular flexibility index (Phi) is 4.93. The van der Waals surface area contributed by atoms with Crippen LogP contribution >= 0.6 is 0 Å². The first kappa shape index (κ1) is 14.5. The van der Waals surface area contributed by atoms with Crippen LogP contribution in [0, 0.1) is 0 Å². The number of rotatable bonds is 5. The van der Waals surface area contributed by atoms with Gasteiger partial charge < -0.3 is 4.74 Å². The van der Waals surface area contributed by atoms with Crippen LogP contribution < -0.4 is 0 Å². The molecule has 0 bridgehead atoms. The van der Waals surface area contributed by atoms with Gasteiger partial charge in [0, 0.05) is 13.1 Å². The quantitative estimate of drug-likeness (QED) is 0.761. The molecule has 106 valence electrons. The zero-order valence-electron chi connectivity index (χ0n) is 11.0. The molecule has 1 saturated heterocycles. The summed E-state index contributed by atoms with van der Waals surface area (Å²) in [6.45, 7) is 3.78. The second kappa shape index (κ2) is 6.47. The van der Waals surface area contributed by atoms with E-state index < -0.39 is 16.3 Å². The summed E-state index contributed by atoms with van der Waals surface area (Å²) in [6.07, 6.45) is -0.529. The van der Waals surface area contributed by atoms with E-state index in [-0.39, 0.29) is 12.4 Å². The minimum Gasteiger partial charge on any atom is -0.376 e. The van der Waals surface area contributed by atoms with Crippen molar-refractivity contribution in [3.63, 3.8) is 0 Å². The van der Waals surface area contributed by atoms with Crippen molar-refractivity contribution in [2.45, 2.75) is 19.7 Å². The molecule has 5 nitrogen and oxygen atoms in total. The Bertz CT molecular complexity index is 489. The summed E-state index contributed by atoms with van der Waals surface area (Å²) in [6, 6.07) is 9.92. The van der Waals surface area contributed by atoms with Crippen LogP contribution in [-0.2, 0) is 25.6 Å². The van der Waals surface area contributed by atoms with Crippen molar-refractivity contribution < 1.29 is 17.3 Å². The van der Waals surface area contributed by atoms with Gasteiger partial charge in [-0.3, -0.25) is 4.90 Å². The molecule has 1 heterocycles. The average Bonchev–Trinajstić information content (AvgIpc) is 2.42. The predicted molar refractivity (Wildman–Crippen MR) is 72.0 cm³/mol. The summed E-state index contributed by atoms with van der Waals surface area (Å²) in [7, 11) is -3.47. The Labute approximate surface area is 114 Å². The highest BCUT2D eigenvalue weighted by molar-refractivity contribution is 7.86. The SMILES string of the molecule is CCS(=O)(=O)OC1COCCN1Cc1ccccc1. The number of ether oxygens (including phenoxy) is 1. The maximum Gasteiger partial charge on any atom is 0.268 e. The number of hydrogen-bond acceptors (Lipinski definition) is 5. The zero-order chi connectivity index (χ0) is 13.7. The second-order valence-corrected chi connectivity index (χ2v) is 6.31. The molecular formula is C13H19NO4S. The molecule has 6 heteroatoms. The van der Waals surface area contributed by atoms with Crippen molar-refractivity contribution in [1.29, 1.82) is 0 Å². The van der Waals surface area contributed by atoms with Gasteiger partial charge in [-0.1, -0.05) is 30.3 Å². The van der Waals surface area contributed by atoms with Crippen LogP contribution in [0.15, 0.2) is 30.3 Å². The molecule has 0 saturated carbocycles. The highest BCUT2D eigenvalue weighted by Gasteiger charge is 2.28. The molecule has 1 aromatic carbocycles. The van der Waals surface area contributed by atoms with Gasteiger partial charge in [0.05, 0.1) is 19.0 Å². The van der Waals surface area contributed by atoms with Crippen LogP contribution in [0.5, 0.6) is 0 Å². The van der Waals surface area contributed by atoms with E-state index >= 15 is 0 Å². The number of hydrogen-bond donors (Lipinski definition) is 0. The van der Waals surface area contributed by atoms with Crippen LogP contribution in [0.1, 0.15) is 12.5 Å². The molecule has 2 rings (SSSR count). The Hall–Kier alpha value is -0.950. The molecule has 0 radical (unpaired) electrons. The number of morpholine rings is 1. The Morgan fingerprint density at radius 1 is 1.37 bits per heavy atom. The molecular weight excluding hydrogens is 266 g/mol. The lowest BCUT2D eigenvalue weighted by Gasteiger charge is -2.34. The van der Waals surface area contributed by atoms with E-state index in [2.05, 4.69) is 0 Å². The highest BCUT2D eigenvalue weighted by atomic mass is 32.2. The summed E-state index contributed by atoms with van der Waals surface area (Å²) in [5.74, 6) is -0.0251. The fourth-order valence-electron chi connectivity index (χ4n) is 1.94. The van der Waals surface area contributed by atoms with Crippen molar-refractivity contribution in [2.24, 2.45) is 0 Å². The summed E-state index contributed by atoms with van der Waals surface area (Å²) in [5, 5.41) is 0. The largest absolute Gasteiger partial charge is 0.376 e. The topological polar surface area (TPSA) is 55.8 Å². The third-order valence-electron chi connectivity index (χ3n) is 3.03. The van der Waals surface area contributed by atoms with Gasteiger partial charge in [0.15, 0.2) is 6.23 Å². The summed E-state index contributed by atoms with van der Waals surface area (Å²) >= 11 is 0. The maximum atomic E-state index is 11.6.